The van der Waals surface area contributed by atoms with Crippen LogP contribution in [0.5, 0.6) is 0 Å². The van der Waals surface area contributed by atoms with E-state index in [1.165, 1.54) is 10.8 Å². The smallest absolute Gasteiger partial charge is 0.268 e. The zero-order valence-electron chi connectivity index (χ0n) is 12.5. The number of aromatic amines is 2. The molecule has 3 aromatic carbocycles. The van der Waals surface area contributed by atoms with E-state index in [0.29, 0.717) is 6.42 Å². The molecule has 3 nitrogen and oxygen atoms in total. The third-order valence-electron chi connectivity index (χ3n) is 4.13. The van der Waals surface area contributed by atoms with Crippen molar-refractivity contribution in [2.75, 3.05) is 0 Å². The van der Waals surface area contributed by atoms with Gasteiger partial charge in [-0.25, -0.2) is 0 Å². The first-order valence-corrected chi connectivity index (χ1v) is 7.64. The Morgan fingerprint density at radius 1 is 0.739 bits per heavy atom. The van der Waals surface area contributed by atoms with E-state index in [1.54, 1.807) is 0 Å². The fourth-order valence-electron chi connectivity index (χ4n) is 2.96. The Morgan fingerprint density at radius 3 is 2.30 bits per heavy atom. The van der Waals surface area contributed by atoms with Gasteiger partial charge in [0.15, 0.2) is 0 Å². The van der Waals surface area contributed by atoms with Gasteiger partial charge in [-0.05, 0) is 21.9 Å². The minimum Gasteiger partial charge on any atom is -0.297 e. The minimum atomic E-state index is -0.0583. The molecule has 0 bridgehead atoms. The van der Waals surface area contributed by atoms with E-state index >= 15 is 0 Å². The first kappa shape index (κ1) is 13.6. The molecule has 2 N–H and O–H groups in total. The van der Waals surface area contributed by atoms with Gasteiger partial charge >= 0.3 is 0 Å². The molecule has 112 valence electrons. The number of H-pyrrole nitrogens is 2. The van der Waals surface area contributed by atoms with Gasteiger partial charge in [0.25, 0.3) is 5.56 Å². The quantitative estimate of drug-likeness (QED) is 0.587. The molecule has 4 rings (SSSR count). The second kappa shape index (κ2) is 5.61. The van der Waals surface area contributed by atoms with Crippen LogP contribution in [0, 0.1) is 0 Å². The summed E-state index contributed by atoms with van der Waals surface area (Å²) in [5.41, 5.74) is 3.72. The lowest BCUT2D eigenvalue weighted by Crippen LogP contribution is -2.06. The molecule has 1 heterocycles. The van der Waals surface area contributed by atoms with Crippen LogP contribution in [-0.4, -0.2) is 10.2 Å². The number of fused-ring (bicyclic) bond motifs is 1. The van der Waals surface area contributed by atoms with Crippen molar-refractivity contribution >= 4 is 10.8 Å². The lowest BCUT2D eigenvalue weighted by molar-refractivity contribution is 1.06. The number of hydrogen-bond donors (Lipinski definition) is 2. The summed E-state index contributed by atoms with van der Waals surface area (Å²) < 4.78 is 0. The molecule has 0 aliphatic carbocycles. The third kappa shape index (κ3) is 2.57. The van der Waals surface area contributed by atoms with Gasteiger partial charge in [-0.2, -0.15) is 0 Å². The molecule has 4 aromatic rings. The number of hydrogen-bond acceptors (Lipinski definition) is 1. The zero-order chi connectivity index (χ0) is 15.6. The zero-order valence-corrected chi connectivity index (χ0v) is 12.5. The molecule has 0 amide bonds. The summed E-state index contributed by atoms with van der Waals surface area (Å²) in [6.45, 7) is 0. The first-order chi connectivity index (χ1) is 11.3. The molecule has 0 aliphatic rings. The maximum atomic E-state index is 12.2. The molecule has 3 heteroatoms. The fraction of sp³-hybridized carbons (Fsp3) is 0.0500. The molecular weight excluding hydrogens is 284 g/mol. The largest absolute Gasteiger partial charge is 0.297 e. The average Bonchev–Trinajstić information content (AvgIpc) is 2.96. The predicted molar refractivity (Wildman–Crippen MR) is 93.6 cm³/mol. The Morgan fingerprint density at radius 2 is 1.48 bits per heavy atom. The summed E-state index contributed by atoms with van der Waals surface area (Å²) in [5, 5.41) is 8.13. The van der Waals surface area contributed by atoms with Gasteiger partial charge < -0.3 is 0 Å². The van der Waals surface area contributed by atoms with Crippen LogP contribution in [0.2, 0.25) is 0 Å². The SMILES string of the molecule is O=c1[nH][nH]c(-c2ccccc2)c1Cc1ccc2ccccc2c1. The lowest BCUT2D eigenvalue weighted by atomic mass is 9.99. The minimum absolute atomic E-state index is 0.0583. The van der Waals surface area contributed by atoms with Gasteiger partial charge in [0.1, 0.15) is 0 Å². The molecule has 23 heavy (non-hydrogen) atoms. The normalized spacial score (nSPS) is 11.0. The number of rotatable bonds is 3. The van der Waals surface area contributed by atoms with E-state index in [4.69, 9.17) is 0 Å². The van der Waals surface area contributed by atoms with Crippen LogP contribution >= 0.6 is 0 Å². The number of nitrogens with one attached hydrogen (secondary N) is 2. The summed E-state index contributed by atoms with van der Waals surface area (Å²) in [6, 6.07) is 24.5. The molecule has 0 radical (unpaired) electrons. The molecule has 0 saturated heterocycles. The molecule has 0 spiro atoms. The molecule has 0 atom stereocenters. The van der Waals surface area contributed by atoms with Gasteiger partial charge in [-0.3, -0.25) is 15.0 Å². The van der Waals surface area contributed by atoms with Crippen molar-refractivity contribution in [1.82, 2.24) is 10.2 Å². The van der Waals surface area contributed by atoms with Crippen molar-refractivity contribution in [3.63, 3.8) is 0 Å². The van der Waals surface area contributed by atoms with E-state index in [9.17, 15) is 4.79 Å². The van der Waals surface area contributed by atoms with Gasteiger partial charge in [0.05, 0.1) is 5.69 Å². The van der Waals surface area contributed by atoms with Crippen LogP contribution in [0.15, 0.2) is 77.6 Å². The van der Waals surface area contributed by atoms with Crippen molar-refractivity contribution in [3.8, 4) is 11.3 Å². The maximum Gasteiger partial charge on any atom is 0.268 e. The van der Waals surface area contributed by atoms with Crippen molar-refractivity contribution in [2.24, 2.45) is 0 Å². The maximum absolute atomic E-state index is 12.2. The third-order valence-corrected chi connectivity index (χ3v) is 4.13. The molecular formula is C20H16N2O. The fourth-order valence-corrected chi connectivity index (χ4v) is 2.96. The Hall–Kier alpha value is -3.07. The Labute approximate surface area is 133 Å². The highest BCUT2D eigenvalue weighted by Gasteiger charge is 2.12. The van der Waals surface area contributed by atoms with Crippen LogP contribution in [0.25, 0.3) is 22.0 Å². The van der Waals surface area contributed by atoms with Gasteiger partial charge in [-0.1, -0.05) is 72.8 Å². The topological polar surface area (TPSA) is 48.6 Å². The van der Waals surface area contributed by atoms with Crippen LogP contribution < -0.4 is 5.56 Å². The van der Waals surface area contributed by atoms with E-state index in [0.717, 1.165) is 22.4 Å². The van der Waals surface area contributed by atoms with E-state index < -0.39 is 0 Å². The second-order valence-electron chi connectivity index (χ2n) is 5.66. The highest BCUT2D eigenvalue weighted by Crippen LogP contribution is 2.22. The molecule has 0 fully saturated rings. The van der Waals surface area contributed by atoms with E-state index in [-0.39, 0.29) is 5.56 Å². The standard InChI is InChI=1S/C20H16N2O/c23-20-18(19(21-22-20)16-7-2-1-3-8-16)13-14-10-11-15-6-4-5-9-17(15)12-14/h1-12H,13H2,(H2,21,22,23). The number of benzene rings is 3. The highest BCUT2D eigenvalue weighted by molar-refractivity contribution is 5.83. The van der Waals surface area contributed by atoms with Crippen LogP contribution in [0.4, 0.5) is 0 Å². The molecule has 0 unspecified atom stereocenters. The Kier molecular flexibility index (Phi) is 3.31. The highest BCUT2D eigenvalue weighted by atomic mass is 16.1. The summed E-state index contributed by atoms with van der Waals surface area (Å²) in [4.78, 5) is 12.2. The van der Waals surface area contributed by atoms with Crippen molar-refractivity contribution in [3.05, 3.63) is 94.3 Å². The molecule has 0 saturated carbocycles. The van der Waals surface area contributed by atoms with Crippen molar-refractivity contribution < 1.29 is 0 Å². The van der Waals surface area contributed by atoms with Gasteiger partial charge in [-0.15, -0.1) is 0 Å². The van der Waals surface area contributed by atoms with Gasteiger partial charge in [0.2, 0.25) is 0 Å². The van der Waals surface area contributed by atoms with Crippen molar-refractivity contribution in [2.45, 2.75) is 6.42 Å². The van der Waals surface area contributed by atoms with Crippen LogP contribution in [-0.2, 0) is 6.42 Å². The second-order valence-corrected chi connectivity index (χ2v) is 5.66. The monoisotopic (exact) mass is 300 g/mol. The summed E-state index contributed by atoms with van der Waals surface area (Å²) in [6.07, 6.45) is 0.605. The van der Waals surface area contributed by atoms with Crippen LogP contribution in [0.1, 0.15) is 11.1 Å². The van der Waals surface area contributed by atoms with E-state index in [1.807, 2.05) is 42.5 Å². The van der Waals surface area contributed by atoms with E-state index in [2.05, 4.69) is 40.5 Å². The summed E-state index contributed by atoms with van der Waals surface area (Å²) in [5.74, 6) is 0. The van der Waals surface area contributed by atoms with Gasteiger partial charge in [0, 0.05) is 12.0 Å². The van der Waals surface area contributed by atoms with Crippen molar-refractivity contribution in [1.29, 1.82) is 0 Å². The average molecular weight is 300 g/mol. The predicted octanol–water partition coefficient (Wildman–Crippen LogP) is 4.11. The number of aromatic nitrogens is 2. The summed E-state index contributed by atoms with van der Waals surface area (Å²) in [7, 11) is 0. The summed E-state index contributed by atoms with van der Waals surface area (Å²) >= 11 is 0. The molecule has 0 aliphatic heterocycles. The first-order valence-electron chi connectivity index (χ1n) is 7.64. The molecule has 1 aromatic heterocycles. The lowest BCUT2D eigenvalue weighted by Gasteiger charge is -2.05. The Balaban J connectivity index is 1.76. The Bertz CT molecular complexity index is 1010. The van der Waals surface area contributed by atoms with Crippen LogP contribution in [0.3, 0.4) is 0 Å².